The van der Waals surface area contributed by atoms with Gasteiger partial charge in [0.25, 0.3) is 0 Å². The molecule has 0 spiro atoms. The van der Waals surface area contributed by atoms with Gasteiger partial charge in [0.15, 0.2) is 0 Å². The van der Waals surface area contributed by atoms with Gasteiger partial charge < -0.3 is 0 Å². The van der Waals surface area contributed by atoms with E-state index < -0.39 is 0 Å². The summed E-state index contributed by atoms with van der Waals surface area (Å²) in [4.78, 5) is 2.50. The summed E-state index contributed by atoms with van der Waals surface area (Å²) in [7, 11) is 0. The van der Waals surface area contributed by atoms with Gasteiger partial charge in [-0.2, -0.15) is 0 Å². The van der Waals surface area contributed by atoms with Crippen molar-refractivity contribution in [3.63, 3.8) is 0 Å². The molecule has 0 saturated heterocycles. The Morgan fingerprint density at radius 2 is 1.12 bits per heavy atom. The highest BCUT2D eigenvalue weighted by atomic mass is 15.1. The van der Waals surface area contributed by atoms with E-state index in [4.69, 9.17) is 0 Å². The third-order valence-corrected chi connectivity index (χ3v) is 4.40. The highest BCUT2D eigenvalue weighted by Crippen LogP contribution is 2.15. The van der Waals surface area contributed by atoms with E-state index in [0.717, 1.165) is 13.1 Å². The number of nitrogens with zero attached hydrogens (tertiary/aromatic N) is 1. The third kappa shape index (κ3) is 5.44. The normalized spacial score (nSPS) is 12.6. The Morgan fingerprint density at radius 1 is 0.680 bits per heavy atom. The summed E-state index contributed by atoms with van der Waals surface area (Å²) in [5.74, 6) is 0. The summed E-state index contributed by atoms with van der Waals surface area (Å²) in [5, 5.41) is 0. The van der Waals surface area contributed by atoms with Gasteiger partial charge in [0, 0.05) is 19.1 Å². The molecule has 0 bridgehead atoms. The van der Waals surface area contributed by atoms with Gasteiger partial charge in [-0.15, -0.1) is 0 Å². The van der Waals surface area contributed by atoms with Crippen molar-refractivity contribution in [2.24, 2.45) is 0 Å². The molecule has 0 aliphatic rings. The molecular formula is C24H25N. The third-order valence-electron chi connectivity index (χ3n) is 4.40. The molecule has 0 N–H and O–H groups in total. The molecule has 0 aliphatic carbocycles. The monoisotopic (exact) mass is 327 g/mol. The fourth-order valence-corrected chi connectivity index (χ4v) is 2.92. The topological polar surface area (TPSA) is 3.24 Å². The van der Waals surface area contributed by atoms with Gasteiger partial charge in [-0.05, 0) is 23.6 Å². The Kier molecular flexibility index (Phi) is 6.19. The standard InChI is InChI=1S/C24H25N/c1-21(17-18-22-11-5-2-6-12-22)25(19-23-13-7-3-8-14-23)20-24-15-9-4-10-16-24/h2-18,21H,19-20H2,1H3/b18-17+/t21-/m1/s1. The van der Waals surface area contributed by atoms with Gasteiger partial charge in [0.1, 0.15) is 0 Å². The van der Waals surface area contributed by atoms with E-state index in [1.54, 1.807) is 0 Å². The van der Waals surface area contributed by atoms with Crippen molar-refractivity contribution in [1.29, 1.82) is 0 Å². The van der Waals surface area contributed by atoms with E-state index in [1.165, 1.54) is 16.7 Å². The lowest BCUT2D eigenvalue weighted by Gasteiger charge is -2.27. The Bertz CT molecular complexity index is 721. The largest absolute Gasteiger partial charge is 0.289 e. The van der Waals surface area contributed by atoms with Gasteiger partial charge in [-0.3, -0.25) is 4.90 Å². The van der Waals surface area contributed by atoms with Crippen LogP contribution in [0.4, 0.5) is 0 Å². The minimum atomic E-state index is 0.348. The molecule has 25 heavy (non-hydrogen) atoms. The molecule has 0 aliphatic heterocycles. The van der Waals surface area contributed by atoms with E-state index in [2.05, 4.69) is 115 Å². The maximum Gasteiger partial charge on any atom is 0.0260 e. The van der Waals surface area contributed by atoms with Crippen LogP contribution in [0.5, 0.6) is 0 Å². The van der Waals surface area contributed by atoms with Crippen LogP contribution < -0.4 is 0 Å². The zero-order chi connectivity index (χ0) is 17.3. The van der Waals surface area contributed by atoms with Crippen molar-refractivity contribution in [2.75, 3.05) is 0 Å². The molecule has 0 saturated carbocycles. The average molecular weight is 327 g/mol. The van der Waals surface area contributed by atoms with Crippen molar-refractivity contribution in [2.45, 2.75) is 26.1 Å². The predicted molar refractivity (Wildman–Crippen MR) is 107 cm³/mol. The van der Waals surface area contributed by atoms with Gasteiger partial charge in [0.2, 0.25) is 0 Å². The number of hydrogen-bond acceptors (Lipinski definition) is 1. The highest BCUT2D eigenvalue weighted by molar-refractivity contribution is 5.49. The maximum atomic E-state index is 2.50. The smallest absolute Gasteiger partial charge is 0.0260 e. The fraction of sp³-hybridized carbons (Fsp3) is 0.167. The lowest BCUT2D eigenvalue weighted by Crippen LogP contribution is -2.30. The molecule has 0 radical (unpaired) electrons. The summed E-state index contributed by atoms with van der Waals surface area (Å²) < 4.78 is 0. The first kappa shape index (κ1) is 17.2. The SMILES string of the molecule is C[C@H](/C=C/c1ccccc1)N(Cc1ccccc1)Cc1ccccc1. The number of rotatable bonds is 7. The van der Waals surface area contributed by atoms with Crippen LogP contribution in [0, 0.1) is 0 Å². The molecule has 0 aromatic heterocycles. The minimum Gasteiger partial charge on any atom is -0.289 e. The lowest BCUT2D eigenvalue weighted by molar-refractivity contribution is 0.223. The first-order chi connectivity index (χ1) is 12.3. The first-order valence-electron chi connectivity index (χ1n) is 8.86. The Hall–Kier alpha value is -2.64. The first-order valence-corrected chi connectivity index (χ1v) is 8.86. The zero-order valence-electron chi connectivity index (χ0n) is 14.8. The summed E-state index contributed by atoms with van der Waals surface area (Å²) >= 11 is 0. The Morgan fingerprint density at radius 3 is 1.60 bits per heavy atom. The average Bonchev–Trinajstić information content (AvgIpc) is 2.68. The van der Waals surface area contributed by atoms with Crippen LogP contribution in [0.2, 0.25) is 0 Å². The minimum absolute atomic E-state index is 0.348. The molecule has 0 fully saturated rings. The van der Waals surface area contributed by atoms with E-state index >= 15 is 0 Å². The fourth-order valence-electron chi connectivity index (χ4n) is 2.92. The van der Waals surface area contributed by atoms with Crippen LogP contribution in [-0.2, 0) is 13.1 Å². The molecular weight excluding hydrogens is 302 g/mol. The summed E-state index contributed by atoms with van der Waals surface area (Å²) in [5.41, 5.74) is 3.94. The summed E-state index contributed by atoms with van der Waals surface area (Å²) in [6, 6.07) is 32.2. The molecule has 3 aromatic carbocycles. The molecule has 1 atom stereocenters. The second kappa shape index (κ2) is 9.00. The van der Waals surface area contributed by atoms with Crippen LogP contribution in [0.3, 0.4) is 0 Å². The van der Waals surface area contributed by atoms with E-state index in [0.29, 0.717) is 6.04 Å². The quantitative estimate of drug-likeness (QED) is 0.531. The van der Waals surface area contributed by atoms with Crippen LogP contribution >= 0.6 is 0 Å². The molecule has 1 nitrogen and oxygen atoms in total. The van der Waals surface area contributed by atoms with Crippen molar-refractivity contribution < 1.29 is 0 Å². The molecule has 0 unspecified atom stereocenters. The molecule has 126 valence electrons. The van der Waals surface area contributed by atoms with E-state index in [9.17, 15) is 0 Å². The van der Waals surface area contributed by atoms with Gasteiger partial charge >= 0.3 is 0 Å². The van der Waals surface area contributed by atoms with E-state index in [1.807, 2.05) is 0 Å². The van der Waals surface area contributed by atoms with Crippen molar-refractivity contribution >= 4 is 6.08 Å². The number of benzene rings is 3. The second-order valence-corrected chi connectivity index (χ2v) is 6.39. The summed E-state index contributed by atoms with van der Waals surface area (Å²) in [6.45, 7) is 4.15. The van der Waals surface area contributed by atoms with Crippen LogP contribution in [-0.4, -0.2) is 10.9 Å². The molecule has 0 amide bonds. The van der Waals surface area contributed by atoms with Crippen LogP contribution in [0.1, 0.15) is 23.6 Å². The van der Waals surface area contributed by atoms with Gasteiger partial charge in [-0.1, -0.05) is 103 Å². The summed E-state index contributed by atoms with van der Waals surface area (Å²) in [6.07, 6.45) is 4.51. The molecule has 3 rings (SSSR count). The Balaban J connectivity index is 1.75. The van der Waals surface area contributed by atoms with E-state index in [-0.39, 0.29) is 0 Å². The zero-order valence-corrected chi connectivity index (χ0v) is 14.8. The lowest BCUT2D eigenvalue weighted by atomic mass is 10.1. The van der Waals surface area contributed by atoms with Gasteiger partial charge in [0.05, 0.1) is 0 Å². The molecule has 3 aromatic rings. The van der Waals surface area contributed by atoms with Crippen molar-refractivity contribution in [3.05, 3.63) is 114 Å². The number of hydrogen-bond donors (Lipinski definition) is 0. The van der Waals surface area contributed by atoms with Gasteiger partial charge in [-0.25, -0.2) is 0 Å². The Labute approximate surface area is 151 Å². The predicted octanol–water partition coefficient (Wildman–Crippen LogP) is 5.79. The van der Waals surface area contributed by atoms with Crippen LogP contribution in [0.25, 0.3) is 6.08 Å². The molecule has 0 heterocycles. The second-order valence-electron chi connectivity index (χ2n) is 6.39. The van der Waals surface area contributed by atoms with Crippen LogP contribution in [0.15, 0.2) is 97.1 Å². The van der Waals surface area contributed by atoms with Crippen molar-refractivity contribution in [1.82, 2.24) is 4.90 Å². The van der Waals surface area contributed by atoms with Crippen molar-refractivity contribution in [3.8, 4) is 0 Å². The highest BCUT2D eigenvalue weighted by Gasteiger charge is 2.12. The maximum absolute atomic E-state index is 2.50. The molecule has 1 heteroatoms.